The molecule has 1 aliphatic carbocycles. The molecule has 0 amide bonds. The van der Waals surface area contributed by atoms with Crippen LogP contribution >= 0.6 is 0 Å². The minimum Gasteiger partial charge on any atom is -0.329 e. The molecule has 1 aromatic carbocycles. The first-order valence-corrected chi connectivity index (χ1v) is 10.2. The second-order valence-electron chi connectivity index (χ2n) is 6.97. The molecule has 0 radical (unpaired) electrons. The predicted octanol–water partition coefficient (Wildman–Crippen LogP) is 4.81. The van der Waals surface area contributed by atoms with Crippen LogP contribution in [0.4, 0.5) is 0 Å². The van der Waals surface area contributed by atoms with Crippen LogP contribution in [0.15, 0.2) is 42.6 Å². The number of allylic oxidation sites excluding steroid dienone is 2. The van der Waals surface area contributed by atoms with Crippen LogP contribution in [0.25, 0.3) is 5.57 Å². The van der Waals surface area contributed by atoms with Gasteiger partial charge < -0.3 is 4.98 Å². The molecule has 0 saturated carbocycles. The summed E-state index contributed by atoms with van der Waals surface area (Å²) in [7, 11) is -1.80. The van der Waals surface area contributed by atoms with Gasteiger partial charge in [-0.1, -0.05) is 49.5 Å². The van der Waals surface area contributed by atoms with Crippen LogP contribution in [0.3, 0.4) is 0 Å². The lowest BCUT2D eigenvalue weighted by atomic mass is 10.0. The van der Waals surface area contributed by atoms with Crippen molar-refractivity contribution in [2.75, 3.05) is 0 Å². The van der Waals surface area contributed by atoms with Gasteiger partial charge in [-0.25, -0.2) is 0 Å². The third-order valence-corrected chi connectivity index (χ3v) is 8.01. The first-order valence-electron chi connectivity index (χ1n) is 7.53. The molecule has 2 heteroatoms. The van der Waals surface area contributed by atoms with E-state index >= 15 is 0 Å². The number of benzene rings is 1. The Morgan fingerprint density at radius 1 is 1.30 bits per heavy atom. The average molecular weight is 286 g/mol. The Kier molecular flexibility index (Phi) is 4.08. The molecule has 2 unspecified atom stereocenters. The van der Waals surface area contributed by atoms with E-state index in [0.717, 1.165) is 6.42 Å². The second-order valence-corrected chi connectivity index (χ2v) is 10.8. The van der Waals surface area contributed by atoms with Crippen LogP contribution in [0.5, 0.6) is 0 Å². The first-order chi connectivity index (χ1) is 9.30. The second kappa shape index (κ2) is 5.34. The van der Waals surface area contributed by atoms with E-state index in [9.17, 15) is 0 Å². The van der Waals surface area contributed by atoms with Gasteiger partial charge in [-0.15, -0.1) is 6.58 Å². The smallest absolute Gasteiger partial charge is 0.158 e. The van der Waals surface area contributed by atoms with E-state index in [4.69, 9.17) is 0 Å². The lowest BCUT2D eigenvalue weighted by molar-refractivity contribution is 0.510. The molecule has 108 valence electrons. The van der Waals surface area contributed by atoms with E-state index < -0.39 is 8.24 Å². The Balaban J connectivity index is 2.46. The fourth-order valence-corrected chi connectivity index (χ4v) is 6.88. The van der Waals surface area contributed by atoms with Gasteiger partial charge in [-0.05, 0) is 43.9 Å². The number of fused-ring (bicyclic) bond motifs is 1. The Morgan fingerprint density at radius 2 is 1.95 bits per heavy atom. The Bertz CT molecular complexity index is 539. The maximum Gasteiger partial charge on any atom is 0.158 e. The quantitative estimate of drug-likeness (QED) is 0.783. The monoisotopic (exact) mass is 285 g/mol. The molecule has 0 aromatic heterocycles. The zero-order valence-electron chi connectivity index (χ0n) is 13.5. The lowest BCUT2D eigenvalue weighted by Crippen LogP contribution is -2.58. The summed E-state index contributed by atoms with van der Waals surface area (Å²) in [6, 6.07) is 8.86. The van der Waals surface area contributed by atoms with Crippen LogP contribution < -0.4 is 4.98 Å². The summed E-state index contributed by atoms with van der Waals surface area (Å²) in [5, 5.41) is 0. The molecule has 0 fully saturated rings. The predicted molar refractivity (Wildman–Crippen MR) is 92.2 cm³/mol. The molecular weight excluding hydrogens is 258 g/mol. The van der Waals surface area contributed by atoms with Crippen molar-refractivity contribution in [2.45, 2.75) is 51.7 Å². The summed E-state index contributed by atoms with van der Waals surface area (Å²) in [6.07, 6.45) is 3.59. The van der Waals surface area contributed by atoms with Gasteiger partial charge in [-0.3, -0.25) is 0 Å². The van der Waals surface area contributed by atoms with Crippen LogP contribution in [-0.2, 0) is 0 Å². The lowest BCUT2D eigenvalue weighted by Gasteiger charge is -2.38. The number of nitrogens with one attached hydrogen (secondary N) is 1. The fraction of sp³-hybridized carbons (Fsp3) is 0.444. The number of hydrogen-bond donors (Lipinski definition) is 1. The highest BCUT2D eigenvalue weighted by atomic mass is 28.3. The Morgan fingerprint density at radius 3 is 2.50 bits per heavy atom. The molecule has 0 spiro atoms. The van der Waals surface area contributed by atoms with E-state index in [1.807, 2.05) is 0 Å². The molecular formula is C18H27NSi. The molecule has 1 aliphatic rings. The van der Waals surface area contributed by atoms with Crippen molar-refractivity contribution in [1.29, 1.82) is 0 Å². The van der Waals surface area contributed by atoms with E-state index in [-0.39, 0.29) is 5.54 Å². The SMILES string of the molecule is C=C[Si](C)(NC(C)(C)C)C1C=C(CC)c2ccccc21. The van der Waals surface area contributed by atoms with Crippen molar-refractivity contribution in [3.05, 3.63) is 53.7 Å². The zero-order valence-corrected chi connectivity index (χ0v) is 14.5. The van der Waals surface area contributed by atoms with Gasteiger partial charge >= 0.3 is 0 Å². The minimum atomic E-state index is -1.80. The maximum absolute atomic E-state index is 4.16. The van der Waals surface area contributed by atoms with Gasteiger partial charge in [-0.2, -0.15) is 0 Å². The van der Waals surface area contributed by atoms with Crippen molar-refractivity contribution in [1.82, 2.24) is 4.98 Å². The number of rotatable bonds is 4. The van der Waals surface area contributed by atoms with E-state index in [1.165, 1.54) is 16.7 Å². The summed E-state index contributed by atoms with van der Waals surface area (Å²) in [4.78, 5) is 3.89. The van der Waals surface area contributed by atoms with Gasteiger partial charge in [0.05, 0.1) is 0 Å². The van der Waals surface area contributed by atoms with E-state index in [0.29, 0.717) is 5.54 Å². The van der Waals surface area contributed by atoms with Gasteiger partial charge in [0, 0.05) is 11.1 Å². The molecule has 1 N–H and O–H groups in total. The van der Waals surface area contributed by atoms with Gasteiger partial charge in [0.25, 0.3) is 0 Å². The summed E-state index contributed by atoms with van der Waals surface area (Å²) in [5.41, 5.74) is 7.22. The van der Waals surface area contributed by atoms with Crippen molar-refractivity contribution in [2.24, 2.45) is 0 Å². The summed E-state index contributed by atoms with van der Waals surface area (Å²) < 4.78 is 0. The molecule has 0 saturated heterocycles. The third kappa shape index (κ3) is 2.81. The standard InChI is InChI=1S/C18H27NSi/c1-7-14-13-17(16-12-10-9-11-15(14)16)20(6,8-2)19-18(3,4)5/h8-13,17,19H,2,7H2,1,3-6H3. The molecule has 0 aliphatic heterocycles. The van der Waals surface area contributed by atoms with Crippen molar-refractivity contribution in [3.8, 4) is 0 Å². The highest BCUT2D eigenvalue weighted by Crippen LogP contribution is 2.42. The number of hydrogen-bond acceptors (Lipinski definition) is 1. The van der Waals surface area contributed by atoms with Gasteiger partial charge in [0.2, 0.25) is 0 Å². The Labute approximate surface area is 124 Å². The van der Waals surface area contributed by atoms with Crippen LogP contribution in [0.1, 0.15) is 50.8 Å². The molecule has 2 atom stereocenters. The highest BCUT2D eigenvalue weighted by Gasteiger charge is 2.40. The van der Waals surface area contributed by atoms with Gasteiger partial charge in [0.15, 0.2) is 8.24 Å². The van der Waals surface area contributed by atoms with Gasteiger partial charge in [0.1, 0.15) is 0 Å². The van der Waals surface area contributed by atoms with Crippen molar-refractivity contribution >= 4 is 13.8 Å². The van der Waals surface area contributed by atoms with E-state index in [2.05, 4.69) is 81.8 Å². The molecule has 20 heavy (non-hydrogen) atoms. The first kappa shape index (κ1) is 15.3. The fourth-order valence-electron chi connectivity index (χ4n) is 3.31. The molecule has 1 nitrogen and oxygen atoms in total. The maximum atomic E-state index is 4.16. The van der Waals surface area contributed by atoms with Crippen molar-refractivity contribution < 1.29 is 0 Å². The highest BCUT2D eigenvalue weighted by molar-refractivity contribution is 6.83. The molecule has 2 rings (SSSR count). The van der Waals surface area contributed by atoms with Crippen molar-refractivity contribution in [3.63, 3.8) is 0 Å². The molecule has 1 aromatic rings. The third-order valence-electron chi connectivity index (χ3n) is 4.10. The molecule has 0 bridgehead atoms. The Hall–Kier alpha value is -1.12. The summed E-state index contributed by atoms with van der Waals surface area (Å²) in [6.45, 7) is 15.5. The average Bonchev–Trinajstić information content (AvgIpc) is 2.76. The largest absolute Gasteiger partial charge is 0.329 e. The van der Waals surface area contributed by atoms with Crippen LogP contribution in [0, 0.1) is 0 Å². The molecule has 0 heterocycles. The topological polar surface area (TPSA) is 12.0 Å². The minimum absolute atomic E-state index is 0.118. The van der Waals surface area contributed by atoms with Crippen LogP contribution in [-0.4, -0.2) is 13.8 Å². The summed E-state index contributed by atoms with van der Waals surface area (Å²) in [5.74, 6) is 0. The van der Waals surface area contributed by atoms with Crippen LogP contribution in [0.2, 0.25) is 6.55 Å². The normalized spacial score (nSPS) is 21.1. The van der Waals surface area contributed by atoms with E-state index in [1.54, 1.807) is 0 Å². The summed E-state index contributed by atoms with van der Waals surface area (Å²) >= 11 is 0. The zero-order chi connectivity index (χ0) is 15.0.